The van der Waals surface area contributed by atoms with E-state index in [1.807, 2.05) is 30.3 Å². The standard InChI is InChI=1S/C19H19NO4/c21-15-8-6-13(7-9-15)12-18(22)20-16(10-11-17(20)19(23)24)14-4-2-1-3-5-14/h1-9,16-17,21H,10-12H2,(H,23,24)/t16-,17?/m0/s1. The summed E-state index contributed by atoms with van der Waals surface area (Å²) in [4.78, 5) is 25.9. The van der Waals surface area contributed by atoms with Crippen molar-refractivity contribution in [1.82, 2.24) is 4.90 Å². The zero-order valence-electron chi connectivity index (χ0n) is 13.1. The number of carboxylic acid groups (broad SMARTS) is 1. The Kier molecular flexibility index (Phi) is 4.51. The molecule has 0 saturated carbocycles. The molecule has 1 heterocycles. The molecule has 124 valence electrons. The highest BCUT2D eigenvalue weighted by Crippen LogP contribution is 2.36. The van der Waals surface area contributed by atoms with Crippen LogP contribution in [0.5, 0.6) is 5.75 Å². The van der Waals surface area contributed by atoms with Gasteiger partial charge >= 0.3 is 5.97 Å². The normalized spacial score (nSPS) is 20.1. The van der Waals surface area contributed by atoms with Crippen LogP contribution in [0.4, 0.5) is 0 Å². The Hall–Kier alpha value is -2.82. The summed E-state index contributed by atoms with van der Waals surface area (Å²) in [6.45, 7) is 0. The molecule has 2 aromatic carbocycles. The van der Waals surface area contributed by atoms with Gasteiger partial charge in [0, 0.05) is 0 Å². The van der Waals surface area contributed by atoms with Gasteiger partial charge in [0.05, 0.1) is 12.5 Å². The van der Waals surface area contributed by atoms with Crippen LogP contribution in [0.25, 0.3) is 0 Å². The maximum atomic E-state index is 12.8. The lowest BCUT2D eigenvalue weighted by atomic mass is 10.0. The van der Waals surface area contributed by atoms with Crippen molar-refractivity contribution in [3.8, 4) is 5.75 Å². The van der Waals surface area contributed by atoms with E-state index in [2.05, 4.69) is 0 Å². The SMILES string of the molecule is O=C(O)C1CC[C@@H](c2ccccc2)N1C(=O)Cc1ccc(O)cc1. The Morgan fingerprint density at radius 2 is 1.67 bits per heavy atom. The summed E-state index contributed by atoms with van der Waals surface area (Å²) in [7, 11) is 0. The summed E-state index contributed by atoms with van der Waals surface area (Å²) in [5.74, 6) is -1.04. The van der Waals surface area contributed by atoms with Crippen LogP contribution in [-0.2, 0) is 16.0 Å². The largest absolute Gasteiger partial charge is 0.508 e. The number of phenolic OH excluding ortho intramolecular Hbond substituents is 1. The lowest BCUT2D eigenvalue weighted by molar-refractivity contribution is -0.149. The molecule has 1 unspecified atom stereocenters. The maximum absolute atomic E-state index is 12.8. The zero-order chi connectivity index (χ0) is 17.1. The van der Waals surface area contributed by atoms with Gasteiger partial charge in [-0.25, -0.2) is 4.79 Å². The number of benzene rings is 2. The summed E-state index contributed by atoms with van der Waals surface area (Å²) in [6, 6.07) is 14.9. The van der Waals surface area contributed by atoms with E-state index in [-0.39, 0.29) is 24.1 Å². The van der Waals surface area contributed by atoms with Gasteiger partial charge in [0.2, 0.25) is 5.91 Å². The third kappa shape index (κ3) is 3.25. The van der Waals surface area contributed by atoms with Gasteiger partial charge < -0.3 is 15.1 Å². The van der Waals surface area contributed by atoms with Crippen molar-refractivity contribution in [3.63, 3.8) is 0 Å². The Balaban J connectivity index is 1.85. The minimum absolute atomic E-state index is 0.118. The van der Waals surface area contributed by atoms with Crippen molar-refractivity contribution in [2.75, 3.05) is 0 Å². The molecular formula is C19H19NO4. The monoisotopic (exact) mass is 325 g/mol. The first-order valence-corrected chi connectivity index (χ1v) is 7.93. The number of carbonyl (C=O) groups is 2. The number of amides is 1. The first-order valence-electron chi connectivity index (χ1n) is 7.93. The van der Waals surface area contributed by atoms with Crippen LogP contribution in [0, 0.1) is 0 Å². The lowest BCUT2D eigenvalue weighted by Crippen LogP contribution is -2.42. The zero-order valence-corrected chi connectivity index (χ0v) is 13.1. The van der Waals surface area contributed by atoms with E-state index >= 15 is 0 Å². The molecule has 3 rings (SSSR count). The molecule has 1 fully saturated rings. The molecule has 0 aliphatic carbocycles. The van der Waals surface area contributed by atoms with E-state index in [1.165, 1.54) is 17.0 Å². The Labute approximate surface area is 140 Å². The third-order valence-electron chi connectivity index (χ3n) is 4.43. The quantitative estimate of drug-likeness (QED) is 0.906. The fraction of sp³-hybridized carbons (Fsp3) is 0.263. The van der Waals surface area contributed by atoms with Crippen molar-refractivity contribution in [1.29, 1.82) is 0 Å². The van der Waals surface area contributed by atoms with Crippen LogP contribution in [0.3, 0.4) is 0 Å². The van der Waals surface area contributed by atoms with Crippen LogP contribution in [0.15, 0.2) is 54.6 Å². The summed E-state index contributed by atoms with van der Waals surface area (Å²) in [5.41, 5.74) is 1.71. The van der Waals surface area contributed by atoms with Gasteiger partial charge in [0.25, 0.3) is 0 Å². The van der Waals surface area contributed by atoms with Crippen LogP contribution >= 0.6 is 0 Å². The van der Waals surface area contributed by atoms with Crippen molar-refractivity contribution in [2.45, 2.75) is 31.3 Å². The number of hydrogen-bond donors (Lipinski definition) is 2. The molecule has 2 N–H and O–H groups in total. The molecule has 1 amide bonds. The van der Waals surface area contributed by atoms with Crippen molar-refractivity contribution in [2.24, 2.45) is 0 Å². The topological polar surface area (TPSA) is 77.8 Å². The molecule has 24 heavy (non-hydrogen) atoms. The number of likely N-dealkylation sites (tertiary alicyclic amines) is 1. The van der Waals surface area contributed by atoms with Gasteiger partial charge in [-0.3, -0.25) is 4.79 Å². The molecule has 2 aromatic rings. The van der Waals surface area contributed by atoms with E-state index < -0.39 is 12.0 Å². The van der Waals surface area contributed by atoms with Gasteiger partial charge in [-0.2, -0.15) is 0 Å². The molecule has 1 saturated heterocycles. The minimum atomic E-state index is -0.965. The fourth-order valence-corrected chi connectivity index (χ4v) is 3.28. The Bertz CT molecular complexity index is 727. The highest BCUT2D eigenvalue weighted by molar-refractivity contribution is 5.86. The molecule has 1 aliphatic heterocycles. The number of rotatable bonds is 4. The minimum Gasteiger partial charge on any atom is -0.508 e. The molecular weight excluding hydrogens is 306 g/mol. The number of carboxylic acids is 1. The third-order valence-corrected chi connectivity index (χ3v) is 4.43. The number of aromatic hydroxyl groups is 1. The number of hydrogen-bond acceptors (Lipinski definition) is 3. The predicted molar refractivity (Wildman–Crippen MR) is 88.5 cm³/mol. The van der Waals surface area contributed by atoms with Crippen molar-refractivity contribution < 1.29 is 19.8 Å². The van der Waals surface area contributed by atoms with Gasteiger partial charge in [-0.05, 0) is 36.1 Å². The summed E-state index contributed by atoms with van der Waals surface area (Å²) >= 11 is 0. The predicted octanol–water partition coefficient (Wildman–Crippen LogP) is 2.75. The molecule has 0 spiro atoms. The highest BCUT2D eigenvalue weighted by atomic mass is 16.4. The number of phenols is 1. The van der Waals surface area contributed by atoms with E-state index in [0.717, 1.165) is 11.1 Å². The Morgan fingerprint density at radius 3 is 2.29 bits per heavy atom. The number of carbonyl (C=O) groups excluding carboxylic acids is 1. The van der Waals surface area contributed by atoms with Crippen LogP contribution < -0.4 is 0 Å². The molecule has 0 bridgehead atoms. The van der Waals surface area contributed by atoms with E-state index in [9.17, 15) is 19.8 Å². The average molecular weight is 325 g/mol. The second-order valence-electron chi connectivity index (χ2n) is 6.00. The molecule has 0 radical (unpaired) electrons. The summed E-state index contributed by atoms with van der Waals surface area (Å²) < 4.78 is 0. The molecule has 1 aliphatic rings. The molecule has 5 heteroatoms. The first-order chi connectivity index (χ1) is 11.6. The Morgan fingerprint density at radius 1 is 1.00 bits per heavy atom. The summed E-state index contributed by atoms with van der Waals surface area (Å²) in [5, 5.41) is 18.8. The van der Waals surface area contributed by atoms with Gasteiger partial charge in [0.1, 0.15) is 11.8 Å². The van der Waals surface area contributed by atoms with Crippen molar-refractivity contribution in [3.05, 3.63) is 65.7 Å². The van der Waals surface area contributed by atoms with Crippen LogP contribution in [0.1, 0.15) is 30.0 Å². The van der Waals surface area contributed by atoms with E-state index in [0.29, 0.717) is 12.8 Å². The first kappa shape index (κ1) is 16.1. The van der Waals surface area contributed by atoms with Gasteiger partial charge in [0.15, 0.2) is 0 Å². The smallest absolute Gasteiger partial charge is 0.326 e. The molecule has 0 aromatic heterocycles. The second kappa shape index (κ2) is 6.74. The number of nitrogens with zero attached hydrogens (tertiary/aromatic N) is 1. The van der Waals surface area contributed by atoms with E-state index in [1.54, 1.807) is 12.1 Å². The lowest BCUT2D eigenvalue weighted by Gasteiger charge is -2.29. The van der Waals surface area contributed by atoms with E-state index in [4.69, 9.17) is 0 Å². The molecule has 2 atom stereocenters. The second-order valence-corrected chi connectivity index (χ2v) is 6.00. The van der Waals surface area contributed by atoms with Crippen molar-refractivity contribution >= 4 is 11.9 Å². The number of aliphatic carboxylic acids is 1. The van der Waals surface area contributed by atoms with Gasteiger partial charge in [-0.1, -0.05) is 42.5 Å². The summed E-state index contributed by atoms with van der Waals surface area (Å²) in [6.07, 6.45) is 1.21. The average Bonchev–Trinajstić information content (AvgIpc) is 3.03. The highest BCUT2D eigenvalue weighted by Gasteiger charge is 2.41. The maximum Gasteiger partial charge on any atom is 0.326 e. The molecule has 5 nitrogen and oxygen atoms in total. The van der Waals surface area contributed by atoms with Crippen LogP contribution in [0.2, 0.25) is 0 Å². The van der Waals surface area contributed by atoms with Crippen LogP contribution in [-0.4, -0.2) is 33.0 Å². The fourth-order valence-electron chi connectivity index (χ4n) is 3.28. The van der Waals surface area contributed by atoms with Gasteiger partial charge in [-0.15, -0.1) is 0 Å².